The Bertz CT molecular complexity index is 319. The molecule has 1 heteroatoms. The van der Waals surface area contributed by atoms with Crippen LogP contribution < -0.4 is 5.32 Å². The van der Waals surface area contributed by atoms with E-state index in [9.17, 15) is 0 Å². The molecule has 1 aliphatic rings. The maximum atomic E-state index is 3.48. The van der Waals surface area contributed by atoms with Gasteiger partial charge in [-0.2, -0.15) is 0 Å². The van der Waals surface area contributed by atoms with E-state index in [0.29, 0.717) is 0 Å². The lowest BCUT2D eigenvalue weighted by molar-refractivity contribution is 0.438. The molecule has 82 valence electrons. The van der Waals surface area contributed by atoms with E-state index >= 15 is 0 Å². The van der Waals surface area contributed by atoms with Crippen LogP contribution in [-0.2, 0) is 0 Å². The van der Waals surface area contributed by atoms with E-state index < -0.39 is 0 Å². The van der Waals surface area contributed by atoms with E-state index in [-0.39, 0.29) is 0 Å². The highest BCUT2D eigenvalue weighted by Gasteiger charge is 2.20. The Balaban J connectivity index is 2.15. The van der Waals surface area contributed by atoms with Crippen LogP contribution in [0.4, 0.5) is 5.69 Å². The molecule has 15 heavy (non-hydrogen) atoms. The van der Waals surface area contributed by atoms with Gasteiger partial charge in [0, 0.05) is 12.2 Å². The van der Waals surface area contributed by atoms with Gasteiger partial charge in [-0.05, 0) is 36.3 Å². The topological polar surface area (TPSA) is 12.0 Å². The van der Waals surface area contributed by atoms with Gasteiger partial charge >= 0.3 is 0 Å². The van der Waals surface area contributed by atoms with Gasteiger partial charge in [-0.1, -0.05) is 38.5 Å². The minimum Gasteiger partial charge on any atom is -0.385 e. The van der Waals surface area contributed by atoms with E-state index in [1.807, 2.05) is 0 Å². The summed E-state index contributed by atoms with van der Waals surface area (Å²) in [7, 11) is 0. The van der Waals surface area contributed by atoms with E-state index in [1.54, 1.807) is 0 Å². The van der Waals surface area contributed by atoms with Crippen molar-refractivity contribution < 1.29 is 0 Å². The minimum absolute atomic E-state index is 0.775. The van der Waals surface area contributed by atoms with Crippen molar-refractivity contribution in [1.82, 2.24) is 0 Å². The number of hydrogen-bond acceptors (Lipinski definition) is 1. The molecule has 2 unspecified atom stereocenters. The van der Waals surface area contributed by atoms with Crippen molar-refractivity contribution in [3.8, 4) is 0 Å². The van der Waals surface area contributed by atoms with Gasteiger partial charge in [-0.15, -0.1) is 0 Å². The van der Waals surface area contributed by atoms with Crippen LogP contribution in [0.1, 0.15) is 44.6 Å². The van der Waals surface area contributed by atoms with Crippen molar-refractivity contribution in [3.63, 3.8) is 0 Å². The zero-order valence-electron chi connectivity index (χ0n) is 9.79. The third kappa shape index (κ3) is 2.34. The van der Waals surface area contributed by atoms with Crippen LogP contribution in [0.2, 0.25) is 0 Å². The maximum Gasteiger partial charge on any atom is 0.0375 e. The number of hydrogen-bond donors (Lipinski definition) is 1. The molecule has 0 aromatic heterocycles. The Morgan fingerprint density at radius 1 is 1.40 bits per heavy atom. The fourth-order valence-corrected chi connectivity index (χ4v) is 2.45. The minimum atomic E-state index is 0.775. The lowest BCUT2D eigenvalue weighted by Crippen LogP contribution is -2.18. The van der Waals surface area contributed by atoms with Crippen molar-refractivity contribution in [2.45, 2.75) is 39.0 Å². The summed E-state index contributed by atoms with van der Waals surface area (Å²) in [6.45, 7) is 5.79. The first kappa shape index (κ1) is 10.5. The second-order valence-electron chi connectivity index (χ2n) is 4.75. The molecule has 0 saturated carbocycles. The van der Waals surface area contributed by atoms with Crippen LogP contribution in [-0.4, -0.2) is 6.54 Å². The van der Waals surface area contributed by atoms with Crippen molar-refractivity contribution in [2.24, 2.45) is 5.92 Å². The molecule has 1 heterocycles. The molecule has 0 amide bonds. The second-order valence-corrected chi connectivity index (χ2v) is 4.75. The van der Waals surface area contributed by atoms with Crippen molar-refractivity contribution in [1.29, 1.82) is 0 Å². The van der Waals surface area contributed by atoms with E-state index in [1.165, 1.54) is 30.5 Å². The molecule has 0 aliphatic carbocycles. The average Bonchev–Trinajstić information content (AvgIpc) is 2.29. The third-order valence-electron chi connectivity index (χ3n) is 3.59. The molecule has 1 aromatic carbocycles. The van der Waals surface area contributed by atoms with Gasteiger partial charge in [0.25, 0.3) is 0 Å². The van der Waals surface area contributed by atoms with E-state index in [4.69, 9.17) is 0 Å². The lowest BCUT2D eigenvalue weighted by atomic mass is 9.83. The van der Waals surface area contributed by atoms with Gasteiger partial charge < -0.3 is 5.32 Å². The fourth-order valence-electron chi connectivity index (χ4n) is 2.45. The van der Waals surface area contributed by atoms with Crippen LogP contribution in [0.3, 0.4) is 0 Å². The lowest BCUT2D eigenvalue weighted by Gasteiger charge is -2.28. The molecule has 1 aliphatic heterocycles. The smallest absolute Gasteiger partial charge is 0.0375 e. The summed E-state index contributed by atoms with van der Waals surface area (Å²) >= 11 is 0. The Kier molecular flexibility index (Phi) is 3.30. The Morgan fingerprint density at radius 3 is 3.00 bits per heavy atom. The van der Waals surface area contributed by atoms with Crippen LogP contribution in [0.15, 0.2) is 24.3 Å². The number of fused-ring (bicyclic) bond motifs is 1. The van der Waals surface area contributed by atoms with Gasteiger partial charge in [0.2, 0.25) is 0 Å². The molecular weight excluding hydrogens is 182 g/mol. The van der Waals surface area contributed by atoms with Crippen LogP contribution in [0.5, 0.6) is 0 Å². The summed E-state index contributed by atoms with van der Waals surface area (Å²) in [6, 6.07) is 8.78. The third-order valence-corrected chi connectivity index (χ3v) is 3.59. The maximum absolute atomic E-state index is 3.48. The largest absolute Gasteiger partial charge is 0.385 e. The SMILES string of the molecule is CCC(C)CC1CCNc2ccccc21. The average molecular weight is 203 g/mol. The monoisotopic (exact) mass is 203 g/mol. The molecule has 1 nitrogen and oxygen atoms in total. The molecular formula is C14H21N. The first-order valence-electron chi connectivity index (χ1n) is 6.14. The summed E-state index contributed by atoms with van der Waals surface area (Å²) < 4.78 is 0. The van der Waals surface area contributed by atoms with Gasteiger partial charge in [-0.3, -0.25) is 0 Å². The van der Waals surface area contributed by atoms with Gasteiger partial charge in [0.1, 0.15) is 0 Å². The number of rotatable bonds is 3. The van der Waals surface area contributed by atoms with Gasteiger partial charge in [0.05, 0.1) is 0 Å². The van der Waals surface area contributed by atoms with Crippen LogP contribution in [0, 0.1) is 5.92 Å². The number of anilines is 1. The first-order valence-corrected chi connectivity index (χ1v) is 6.14. The standard InChI is InChI=1S/C14H21N/c1-3-11(2)10-12-8-9-15-14-7-5-4-6-13(12)14/h4-7,11-12,15H,3,8-10H2,1-2H3. The number of para-hydroxylation sites is 1. The molecule has 2 rings (SSSR count). The zero-order valence-corrected chi connectivity index (χ0v) is 9.79. The summed E-state index contributed by atoms with van der Waals surface area (Å²) in [5.41, 5.74) is 2.89. The molecule has 2 atom stereocenters. The van der Waals surface area contributed by atoms with Crippen LogP contribution in [0.25, 0.3) is 0 Å². The van der Waals surface area contributed by atoms with Gasteiger partial charge in [-0.25, -0.2) is 0 Å². The molecule has 0 fully saturated rings. The number of nitrogens with one attached hydrogen (secondary N) is 1. The molecule has 0 saturated heterocycles. The van der Waals surface area contributed by atoms with E-state index in [0.717, 1.165) is 18.4 Å². The molecule has 0 radical (unpaired) electrons. The highest BCUT2D eigenvalue weighted by Crippen LogP contribution is 2.35. The van der Waals surface area contributed by atoms with Crippen molar-refractivity contribution in [2.75, 3.05) is 11.9 Å². The Hall–Kier alpha value is -0.980. The van der Waals surface area contributed by atoms with Crippen molar-refractivity contribution >= 4 is 5.69 Å². The normalized spacial score (nSPS) is 21.6. The summed E-state index contributed by atoms with van der Waals surface area (Å²) in [5.74, 6) is 1.62. The predicted molar refractivity (Wildman–Crippen MR) is 66.4 cm³/mol. The highest BCUT2D eigenvalue weighted by atomic mass is 14.9. The Labute approximate surface area is 92.9 Å². The fraction of sp³-hybridized carbons (Fsp3) is 0.571. The zero-order chi connectivity index (χ0) is 10.7. The van der Waals surface area contributed by atoms with Gasteiger partial charge in [0.15, 0.2) is 0 Å². The summed E-state index contributed by atoms with van der Waals surface area (Å²) in [6.07, 6.45) is 3.93. The van der Waals surface area contributed by atoms with Crippen LogP contribution >= 0.6 is 0 Å². The number of benzene rings is 1. The Morgan fingerprint density at radius 2 is 2.20 bits per heavy atom. The predicted octanol–water partition coefficient (Wildman–Crippen LogP) is 4.02. The molecule has 1 aromatic rings. The first-order chi connectivity index (χ1) is 7.31. The second kappa shape index (κ2) is 4.69. The highest BCUT2D eigenvalue weighted by molar-refractivity contribution is 5.54. The molecule has 0 spiro atoms. The summed E-state index contributed by atoms with van der Waals surface area (Å²) in [5, 5.41) is 3.48. The van der Waals surface area contributed by atoms with Crippen molar-refractivity contribution in [3.05, 3.63) is 29.8 Å². The molecule has 1 N–H and O–H groups in total. The van der Waals surface area contributed by atoms with E-state index in [2.05, 4.69) is 43.4 Å². The quantitative estimate of drug-likeness (QED) is 0.782. The molecule has 0 bridgehead atoms. The summed E-state index contributed by atoms with van der Waals surface area (Å²) in [4.78, 5) is 0.